The van der Waals surface area contributed by atoms with E-state index in [4.69, 9.17) is 14.2 Å². The predicted octanol–water partition coefficient (Wildman–Crippen LogP) is 2.47. The van der Waals surface area contributed by atoms with Crippen LogP contribution in [0.15, 0.2) is 4.47 Å². The fourth-order valence-electron chi connectivity index (χ4n) is 2.43. The van der Waals surface area contributed by atoms with Crippen LogP contribution in [0.4, 0.5) is 5.82 Å². The zero-order chi connectivity index (χ0) is 15.3. The molecule has 0 radical (unpaired) electrons. The van der Waals surface area contributed by atoms with Crippen LogP contribution < -0.4 is 5.32 Å². The van der Waals surface area contributed by atoms with Crippen molar-refractivity contribution in [2.75, 3.05) is 39.3 Å². The second-order valence-corrected chi connectivity index (χ2v) is 5.72. The summed E-state index contributed by atoms with van der Waals surface area (Å²) in [6.07, 6.45) is 1.51. The average Bonchev–Trinajstić information content (AvgIpc) is 2.52. The minimum absolute atomic E-state index is 0.421. The molecule has 1 aromatic rings. The normalized spacial score (nSPS) is 17.7. The summed E-state index contributed by atoms with van der Waals surface area (Å²) in [7, 11) is 3.36. The van der Waals surface area contributed by atoms with Gasteiger partial charge in [0.25, 0.3) is 0 Å². The van der Waals surface area contributed by atoms with E-state index in [1.165, 1.54) is 0 Å². The highest BCUT2D eigenvalue weighted by atomic mass is 79.9. The fourth-order valence-corrected chi connectivity index (χ4v) is 2.87. The summed E-state index contributed by atoms with van der Waals surface area (Å²) < 4.78 is 17.3. The molecule has 0 amide bonds. The third-order valence-electron chi connectivity index (χ3n) is 3.64. The standard InChI is InChI=1S/C14H22BrN3O3/c1-4-16-12-11(15)10(9-19-2)17-13(18-12)14(20-3)5-7-21-8-6-14/h4-9H2,1-3H3,(H,16,17,18). The van der Waals surface area contributed by atoms with Crippen LogP contribution in [-0.4, -0.2) is 43.9 Å². The van der Waals surface area contributed by atoms with Crippen molar-refractivity contribution < 1.29 is 14.2 Å². The molecule has 1 fully saturated rings. The van der Waals surface area contributed by atoms with E-state index >= 15 is 0 Å². The highest BCUT2D eigenvalue weighted by molar-refractivity contribution is 9.10. The summed E-state index contributed by atoms with van der Waals surface area (Å²) >= 11 is 3.55. The van der Waals surface area contributed by atoms with E-state index in [0.717, 1.165) is 35.4 Å². The number of rotatable bonds is 6. The zero-order valence-electron chi connectivity index (χ0n) is 12.7. The van der Waals surface area contributed by atoms with Crippen molar-refractivity contribution in [1.82, 2.24) is 9.97 Å². The summed E-state index contributed by atoms with van der Waals surface area (Å²) in [4.78, 5) is 9.33. The molecule has 1 aromatic heterocycles. The molecule has 0 spiro atoms. The molecule has 1 N–H and O–H groups in total. The quantitative estimate of drug-likeness (QED) is 0.841. The van der Waals surface area contributed by atoms with Crippen molar-refractivity contribution >= 4 is 21.7 Å². The van der Waals surface area contributed by atoms with Gasteiger partial charge in [-0.3, -0.25) is 0 Å². The van der Waals surface area contributed by atoms with Gasteiger partial charge in [0.15, 0.2) is 5.82 Å². The van der Waals surface area contributed by atoms with E-state index in [0.29, 0.717) is 25.6 Å². The van der Waals surface area contributed by atoms with Gasteiger partial charge in [-0.05, 0) is 22.9 Å². The summed E-state index contributed by atoms with van der Waals surface area (Å²) in [5, 5.41) is 3.26. The highest BCUT2D eigenvalue weighted by Crippen LogP contribution is 2.36. The Labute approximate surface area is 133 Å². The first-order valence-corrected chi connectivity index (χ1v) is 7.88. The van der Waals surface area contributed by atoms with Crippen LogP contribution in [0.2, 0.25) is 0 Å². The molecule has 0 aromatic carbocycles. The van der Waals surface area contributed by atoms with Gasteiger partial charge in [-0.1, -0.05) is 0 Å². The molecule has 0 atom stereocenters. The number of nitrogens with zero attached hydrogens (tertiary/aromatic N) is 2. The van der Waals surface area contributed by atoms with Crippen molar-refractivity contribution in [2.45, 2.75) is 32.0 Å². The van der Waals surface area contributed by atoms with Gasteiger partial charge >= 0.3 is 0 Å². The van der Waals surface area contributed by atoms with E-state index in [2.05, 4.69) is 31.2 Å². The summed E-state index contributed by atoms with van der Waals surface area (Å²) in [5.74, 6) is 1.47. The van der Waals surface area contributed by atoms with Gasteiger partial charge in [-0.15, -0.1) is 0 Å². The number of anilines is 1. The van der Waals surface area contributed by atoms with Crippen LogP contribution in [0.5, 0.6) is 0 Å². The first-order chi connectivity index (χ1) is 10.2. The van der Waals surface area contributed by atoms with Gasteiger partial charge in [0.05, 0.1) is 16.8 Å². The van der Waals surface area contributed by atoms with Crippen LogP contribution >= 0.6 is 15.9 Å². The second-order valence-electron chi connectivity index (χ2n) is 4.93. The van der Waals surface area contributed by atoms with Gasteiger partial charge in [-0.25, -0.2) is 9.97 Å². The van der Waals surface area contributed by atoms with Crippen molar-refractivity contribution in [3.63, 3.8) is 0 Å². The zero-order valence-corrected chi connectivity index (χ0v) is 14.3. The number of aromatic nitrogens is 2. The summed E-state index contributed by atoms with van der Waals surface area (Å²) in [6.45, 7) is 4.55. The van der Waals surface area contributed by atoms with Gasteiger partial charge in [0.2, 0.25) is 0 Å². The number of halogens is 1. The van der Waals surface area contributed by atoms with Crippen molar-refractivity contribution in [1.29, 1.82) is 0 Å². The molecule has 2 heterocycles. The molecule has 2 rings (SSSR count). The topological polar surface area (TPSA) is 65.5 Å². The first-order valence-electron chi connectivity index (χ1n) is 7.09. The molecule has 1 aliphatic heterocycles. The van der Waals surface area contributed by atoms with Crippen LogP contribution in [0.1, 0.15) is 31.3 Å². The Morgan fingerprint density at radius 3 is 2.57 bits per heavy atom. The Kier molecular flexibility index (Phi) is 5.92. The Balaban J connectivity index is 2.45. The molecule has 6 nitrogen and oxygen atoms in total. The Morgan fingerprint density at radius 1 is 1.29 bits per heavy atom. The SMILES string of the molecule is CCNc1nc(C2(OC)CCOCC2)nc(COC)c1Br. The van der Waals surface area contributed by atoms with Gasteiger partial charge < -0.3 is 19.5 Å². The van der Waals surface area contributed by atoms with Crippen LogP contribution in [0, 0.1) is 0 Å². The minimum atomic E-state index is -0.481. The van der Waals surface area contributed by atoms with Gasteiger partial charge in [0.1, 0.15) is 11.4 Å². The smallest absolute Gasteiger partial charge is 0.163 e. The lowest BCUT2D eigenvalue weighted by atomic mass is 9.93. The number of methoxy groups -OCH3 is 2. The molecule has 0 aliphatic carbocycles. The fraction of sp³-hybridized carbons (Fsp3) is 0.714. The third kappa shape index (κ3) is 3.53. The van der Waals surface area contributed by atoms with Crippen molar-refractivity contribution in [2.24, 2.45) is 0 Å². The van der Waals surface area contributed by atoms with E-state index < -0.39 is 5.60 Å². The maximum atomic E-state index is 5.78. The maximum absolute atomic E-state index is 5.78. The first kappa shape index (κ1) is 16.6. The lowest BCUT2D eigenvalue weighted by molar-refractivity contribution is -0.100. The number of ether oxygens (including phenoxy) is 3. The Morgan fingerprint density at radius 2 is 2.00 bits per heavy atom. The van der Waals surface area contributed by atoms with Gasteiger partial charge in [0, 0.05) is 46.8 Å². The minimum Gasteiger partial charge on any atom is -0.381 e. The van der Waals surface area contributed by atoms with Crippen molar-refractivity contribution in [3.05, 3.63) is 16.0 Å². The second kappa shape index (κ2) is 7.49. The predicted molar refractivity (Wildman–Crippen MR) is 83.3 cm³/mol. The molecule has 1 saturated heterocycles. The molecule has 0 saturated carbocycles. The van der Waals surface area contributed by atoms with E-state index in [-0.39, 0.29) is 0 Å². The molecule has 0 bridgehead atoms. The molecule has 1 aliphatic rings. The van der Waals surface area contributed by atoms with E-state index in [1.807, 2.05) is 6.92 Å². The molecule has 0 unspecified atom stereocenters. The molecule has 118 valence electrons. The van der Waals surface area contributed by atoms with Crippen LogP contribution in [0.25, 0.3) is 0 Å². The number of nitrogens with one attached hydrogen (secondary N) is 1. The summed E-state index contributed by atoms with van der Waals surface area (Å²) in [5.41, 5.74) is 0.340. The Hall–Kier alpha value is -0.760. The monoisotopic (exact) mass is 359 g/mol. The van der Waals surface area contributed by atoms with Crippen molar-refractivity contribution in [3.8, 4) is 0 Å². The number of hydrogen-bond acceptors (Lipinski definition) is 6. The van der Waals surface area contributed by atoms with E-state index in [9.17, 15) is 0 Å². The maximum Gasteiger partial charge on any atom is 0.163 e. The molecular formula is C14H22BrN3O3. The summed E-state index contributed by atoms with van der Waals surface area (Å²) in [6, 6.07) is 0. The molecule has 21 heavy (non-hydrogen) atoms. The largest absolute Gasteiger partial charge is 0.381 e. The lowest BCUT2D eigenvalue weighted by Gasteiger charge is -2.34. The molecule has 7 heteroatoms. The van der Waals surface area contributed by atoms with Gasteiger partial charge in [-0.2, -0.15) is 0 Å². The van der Waals surface area contributed by atoms with Crippen LogP contribution in [-0.2, 0) is 26.4 Å². The Bertz CT molecular complexity index is 452. The number of hydrogen-bond donors (Lipinski definition) is 1. The van der Waals surface area contributed by atoms with E-state index in [1.54, 1.807) is 14.2 Å². The lowest BCUT2D eigenvalue weighted by Crippen LogP contribution is -2.37. The molecular weight excluding hydrogens is 338 g/mol. The van der Waals surface area contributed by atoms with Crippen LogP contribution in [0.3, 0.4) is 0 Å². The third-order valence-corrected chi connectivity index (χ3v) is 4.48. The average molecular weight is 360 g/mol. The highest BCUT2D eigenvalue weighted by Gasteiger charge is 2.38.